The number of nitrogens with one attached hydrogen (secondary N) is 1. The molecule has 0 saturated heterocycles. The lowest BCUT2D eigenvalue weighted by atomic mass is 10.3. The maximum Gasteiger partial charge on any atom is 0.406 e. The molecule has 2 amide bonds. The Labute approximate surface area is 112 Å². The third-order valence-corrected chi connectivity index (χ3v) is 2.18. The number of nitrogens with zero attached hydrogens (tertiary/aromatic N) is 2. The number of hydrogen-bond acceptors (Lipinski definition) is 3. The standard InChI is InChI=1S/C11H12F3N3O3/c12-11(13,14)7-17(6-9(18)19)10(20)16-5-8-1-3-15-4-2-8/h1-4H,5-7H2,(H,16,20)(H,18,19). The predicted molar refractivity (Wildman–Crippen MR) is 61.7 cm³/mol. The minimum atomic E-state index is -4.66. The first-order valence-electron chi connectivity index (χ1n) is 5.48. The summed E-state index contributed by atoms with van der Waals surface area (Å²) in [4.78, 5) is 26.0. The van der Waals surface area contributed by atoms with Crippen LogP contribution in [-0.2, 0) is 11.3 Å². The second-order valence-electron chi connectivity index (χ2n) is 3.88. The number of carboxylic acids is 1. The Hall–Kier alpha value is -2.32. The Balaban J connectivity index is 2.61. The first-order valence-corrected chi connectivity index (χ1v) is 5.48. The smallest absolute Gasteiger partial charge is 0.406 e. The Morgan fingerprint density at radius 1 is 1.30 bits per heavy atom. The molecule has 20 heavy (non-hydrogen) atoms. The van der Waals surface area contributed by atoms with Crippen molar-refractivity contribution in [2.24, 2.45) is 0 Å². The topological polar surface area (TPSA) is 82.5 Å². The second-order valence-corrected chi connectivity index (χ2v) is 3.88. The van der Waals surface area contributed by atoms with Crippen molar-refractivity contribution in [2.45, 2.75) is 12.7 Å². The Kier molecular flexibility index (Phi) is 5.30. The summed E-state index contributed by atoms with van der Waals surface area (Å²) in [5.41, 5.74) is 0.635. The average molecular weight is 291 g/mol. The van der Waals surface area contributed by atoms with Crippen LogP contribution in [0.15, 0.2) is 24.5 Å². The fourth-order valence-corrected chi connectivity index (χ4v) is 1.37. The Bertz CT molecular complexity index is 465. The molecular formula is C11H12F3N3O3. The molecule has 0 radical (unpaired) electrons. The molecule has 1 aromatic rings. The molecule has 1 aromatic heterocycles. The van der Waals surface area contributed by atoms with Crippen LogP contribution in [0.5, 0.6) is 0 Å². The summed E-state index contributed by atoms with van der Waals surface area (Å²) in [6, 6.07) is 2.05. The van der Waals surface area contributed by atoms with Crippen molar-refractivity contribution in [1.29, 1.82) is 0 Å². The fraction of sp³-hybridized carbons (Fsp3) is 0.364. The number of amides is 2. The number of rotatable bonds is 5. The van der Waals surface area contributed by atoms with Crippen LogP contribution in [0.3, 0.4) is 0 Å². The highest BCUT2D eigenvalue weighted by molar-refractivity contribution is 5.80. The first-order chi connectivity index (χ1) is 9.28. The molecule has 6 nitrogen and oxygen atoms in total. The summed E-state index contributed by atoms with van der Waals surface area (Å²) in [7, 11) is 0. The lowest BCUT2D eigenvalue weighted by Gasteiger charge is -2.22. The van der Waals surface area contributed by atoms with Gasteiger partial charge in [-0.2, -0.15) is 13.2 Å². The van der Waals surface area contributed by atoms with Gasteiger partial charge in [-0.05, 0) is 17.7 Å². The molecule has 0 aliphatic rings. The van der Waals surface area contributed by atoms with E-state index in [0.29, 0.717) is 5.56 Å². The zero-order valence-electron chi connectivity index (χ0n) is 10.2. The van der Waals surface area contributed by atoms with E-state index in [0.717, 1.165) is 0 Å². The quantitative estimate of drug-likeness (QED) is 0.855. The summed E-state index contributed by atoms with van der Waals surface area (Å²) in [6.07, 6.45) is -1.73. The van der Waals surface area contributed by atoms with Crippen molar-refractivity contribution in [3.63, 3.8) is 0 Å². The molecule has 110 valence electrons. The molecule has 0 aromatic carbocycles. The van der Waals surface area contributed by atoms with Crippen LogP contribution < -0.4 is 5.32 Å². The molecule has 1 rings (SSSR count). The van der Waals surface area contributed by atoms with Gasteiger partial charge in [0.25, 0.3) is 0 Å². The highest BCUT2D eigenvalue weighted by Crippen LogP contribution is 2.16. The maximum atomic E-state index is 12.3. The van der Waals surface area contributed by atoms with Gasteiger partial charge in [-0.25, -0.2) is 4.79 Å². The van der Waals surface area contributed by atoms with Crippen molar-refractivity contribution in [2.75, 3.05) is 13.1 Å². The van der Waals surface area contributed by atoms with E-state index in [1.54, 1.807) is 12.1 Å². The molecule has 0 atom stereocenters. The SMILES string of the molecule is O=C(O)CN(CC(F)(F)F)C(=O)NCc1ccncc1. The van der Waals surface area contributed by atoms with Crippen LogP contribution in [-0.4, -0.2) is 46.3 Å². The number of carbonyl (C=O) groups is 2. The van der Waals surface area contributed by atoms with Gasteiger partial charge >= 0.3 is 18.2 Å². The Morgan fingerprint density at radius 2 is 1.90 bits per heavy atom. The molecule has 0 unspecified atom stereocenters. The number of urea groups is 1. The molecule has 0 fully saturated rings. The first kappa shape index (κ1) is 15.7. The van der Waals surface area contributed by atoms with E-state index >= 15 is 0 Å². The van der Waals surface area contributed by atoms with Gasteiger partial charge < -0.3 is 15.3 Å². The van der Waals surface area contributed by atoms with Gasteiger partial charge in [0.15, 0.2) is 0 Å². The number of hydrogen-bond donors (Lipinski definition) is 2. The number of halogens is 3. The second kappa shape index (κ2) is 6.73. The lowest BCUT2D eigenvalue weighted by Crippen LogP contribution is -2.46. The third kappa shape index (κ3) is 6.03. The van der Waals surface area contributed by atoms with Gasteiger partial charge in [0.05, 0.1) is 0 Å². The number of aromatic nitrogens is 1. The van der Waals surface area contributed by atoms with E-state index in [9.17, 15) is 22.8 Å². The average Bonchev–Trinajstić information content (AvgIpc) is 2.34. The van der Waals surface area contributed by atoms with Gasteiger partial charge in [-0.15, -0.1) is 0 Å². The predicted octanol–water partition coefficient (Wildman–Crippen LogP) is 1.24. The highest BCUT2D eigenvalue weighted by atomic mass is 19.4. The zero-order chi connectivity index (χ0) is 15.2. The normalized spacial score (nSPS) is 10.9. The molecule has 9 heteroatoms. The molecule has 0 aliphatic carbocycles. The third-order valence-electron chi connectivity index (χ3n) is 2.18. The van der Waals surface area contributed by atoms with Gasteiger partial charge in [0.1, 0.15) is 13.1 Å². The summed E-state index contributed by atoms with van der Waals surface area (Å²) >= 11 is 0. The van der Waals surface area contributed by atoms with Gasteiger partial charge in [0.2, 0.25) is 0 Å². The minimum Gasteiger partial charge on any atom is -0.480 e. The van der Waals surface area contributed by atoms with Crippen molar-refractivity contribution in [1.82, 2.24) is 15.2 Å². The van der Waals surface area contributed by atoms with E-state index < -0.39 is 31.3 Å². The summed E-state index contributed by atoms with van der Waals surface area (Å²) in [5, 5.41) is 10.7. The van der Waals surface area contributed by atoms with E-state index in [4.69, 9.17) is 5.11 Å². The molecular weight excluding hydrogens is 279 g/mol. The molecule has 0 saturated carbocycles. The highest BCUT2D eigenvalue weighted by Gasteiger charge is 2.33. The number of alkyl halides is 3. The maximum absolute atomic E-state index is 12.3. The number of carboxylic acid groups (broad SMARTS) is 1. The van der Waals surface area contributed by atoms with Crippen molar-refractivity contribution >= 4 is 12.0 Å². The van der Waals surface area contributed by atoms with Crippen molar-refractivity contribution < 1.29 is 27.9 Å². The molecule has 0 spiro atoms. The van der Waals surface area contributed by atoms with E-state index in [1.807, 2.05) is 0 Å². The summed E-state index contributed by atoms with van der Waals surface area (Å²) in [5.74, 6) is -1.52. The molecule has 1 heterocycles. The van der Waals surface area contributed by atoms with Gasteiger partial charge in [-0.1, -0.05) is 0 Å². The van der Waals surface area contributed by atoms with E-state index in [1.165, 1.54) is 12.4 Å². The van der Waals surface area contributed by atoms with E-state index in [2.05, 4.69) is 10.3 Å². The van der Waals surface area contributed by atoms with Gasteiger partial charge in [0, 0.05) is 18.9 Å². The number of carbonyl (C=O) groups excluding carboxylic acids is 1. The molecule has 0 aliphatic heterocycles. The van der Waals surface area contributed by atoms with E-state index in [-0.39, 0.29) is 11.4 Å². The van der Waals surface area contributed by atoms with Crippen LogP contribution in [0.4, 0.5) is 18.0 Å². The monoisotopic (exact) mass is 291 g/mol. The zero-order valence-corrected chi connectivity index (χ0v) is 10.2. The molecule has 0 bridgehead atoms. The van der Waals surface area contributed by atoms with Crippen LogP contribution >= 0.6 is 0 Å². The number of aliphatic carboxylic acids is 1. The van der Waals surface area contributed by atoms with Crippen LogP contribution in [0, 0.1) is 0 Å². The van der Waals surface area contributed by atoms with Crippen molar-refractivity contribution in [3.8, 4) is 0 Å². The number of pyridine rings is 1. The van der Waals surface area contributed by atoms with Crippen LogP contribution in [0.1, 0.15) is 5.56 Å². The summed E-state index contributed by atoms with van der Waals surface area (Å²) in [6.45, 7) is -2.67. The van der Waals surface area contributed by atoms with Crippen molar-refractivity contribution in [3.05, 3.63) is 30.1 Å². The minimum absolute atomic E-state index is 0.0185. The lowest BCUT2D eigenvalue weighted by molar-refractivity contribution is -0.148. The molecule has 2 N–H and O–H groups in total. The fourth-order valence-electron chi connectivity index (χ4n) is 1.37. The largest absolute Gasteiger partial charge is 0.480 e. The summed E-state index contributed by atoms with van der Waals surface area (Å²) < 4.78 is 36.8. The van der Waals surface area contributed by atoms with Crippen LogP contribution in [0.25, 0.3) is 0 Å². The van der Waals surface area contributed by atoms with Gasteiger partial charge in [-0.3, -0.25) is 9.78 Å². The van der Waals surface area contributed by atoms with Crippen LogP contribution in [0.2, 0.25) is 0 Å². The Morgan fingerprint density at radius 3 is 2.40 bits per heavy atom.